The van der Waals surface area contributed by atoms with Gasteiger partial charge in [0.15, 0.2) is 0 Å². The van der Waals surface area contributed by atoms with Crippen molar-refractivity contribution in [1.29, 1.82) is 0 Å². The van der Waals surface area contributed by atoms with Crippen LogP contribution in [0.4, 0.5) is 0 Å². The molecule has 2 nitrogen and oxygen atoms in total. The third kappa shape index (κ3) is 3.00. The first kappa shape index (κ1) is 13.1. The number of carbonyl (C=O) groups excluding carboxylic acids is 1. The van der Waals surface area contributed by atoms with Crippen molar-refractivity contribution in [3.8, 4) is 0 Å². The Morgan fingerprint density at radius 2 is 1.38 bits per heavy atom. The number of allylic oxidation sites excluding steroid dienone is 4. The standard InChI is InChI=1S/C19H14O2/c20-12-11-18-13-17(15-7-3-1-4-8-15)14-19(21-18)16-9-5-2-6-10-16/h1-14H/b18-11-. The van der Waals surface area contributed by atoms with Gasteiger partial charge in [0.05, 0.1) is 0 Å². The monoisotopic (exact) mass is 274 g/mol. The highest BCUT2D eigenvalue weighted by atomic mass is 16.5. The van der Waals surface area contributed by atoms with E-state index in [1.54, 1.807) is 0 Å². The lowest BCUT2D eigenvalue weighted by atomic mass is 10.0. The van der Waals surface area contributed by atoms with Gasteiger partial charge in [-0.1, -0.05) is 60.7 Å². The van der Waals surface area contributed by atoms with E-state index in [0.717, 1.165) is 28.7 Å². The zero-order valence-corrected chi connectivity index (χ0v) is 11.4. The normalized spacial score (nSPS) is 15.9. The first-order chi connectivity index (χ1) is 10.4. The molecule has 1 aliphatic heterocycles. The van der Waals surface area contributed by atoms with Gasteiger partial charge in [-0.3, -0.25) is 4.79 Å². The van der Waals surface area contributed by atoms with Gasteiger partial charge in [-0.15, -0.1) is 0 Å². The molecule has 0 spiro atoms. The second-order valence-corrected chi connectivity index (χ2v) is 4.65. The second-order valence-electron chi connectivity index (χ2n) is 4.65. The molecule has 0 bridgehead atoms. The molecule has 0 radical (unpaired) electrons. The molecule has 0 aromatic heterocycles. The fraction of sp³-hybridized carbons (Fsp3) is 0. The molecular weight excluding hydrogens is 260 g/mol. The molecule has 1 heterocycles. The fourth-order valence-corrected chi connectivity index (χ4v) is 2.21. The summed E-state index contributed by atoms with van der Waals surface area (Å²) >= 11 is 0. The maximum absolute atomic E-state index is 10.8. The summed E-state index contributed by atoms with van der Waals surface area (Å²) in [6, 6.07) is 19.9. The lowest BCUT2D eigenvalue weighted by Gasteiger charge is -2.17. The van der Waals surface area contributed by atoms with Crippen molar-refractivity contribution in [2.24, 2.45) is 0 Å². The van der Waals surface area contributed by atoms with E-state index >= 15 is 0 Å². The molecule has 2 aromatic carbocycles. The van der Waals surface area contributed by atoms with E-state index in [9.17, 15) is 4.79 Å². The molecular formula is C19H14O2. The Kier molecular flexibility index (Phi) is 3.79. The average Bonchev–Trinajstić information content (AvgIpc) is 2.56. The largest absolute Gasteiger partial charge is 0.457 e. The quantitative estimate of drug-likeness (QED) is 0.618. The van der Waals surface area contributed by atoms with Crippen LogP contribution >= 0.6 is 0 Å². The van der Waals surface area contributed by atoms with Crippen molar-refractivity contribution in [1.82, 2.24) is 0 Å². The van der Waals surface area contributed by atoms with Crippen molar-refractivity contribution in [2.45, 2.75) is 0 Å². The highest BCUT2D eigenvalue weighted by molar-refractivity contribution is 5.86. The van der Waals surface area contributed by atoms with E-state index < -0.39 is 0 Å². The lowest BCUT2D eigenvalue weighted by molar-refractivity contribution is -0.104. The van der Waals surface area contributed by atoms with E-state index in [1.807, 2.05) is 72.8 Å². The Labute approximate surface area is 123 Å². The molecule has 2 heteroatoms. The number of aldehydes is 1. The van der Waals surface area contributed by atoms with E-state index in [1.165, 1.54) is 6.08 Å². The fourth-order valence-electron chi connectivity index (χ4n) is 2.21. The predicted octanol–water partition coefficient (Wildman–Crippen LogP) is 4.22. The summed E-state index contributed by atoms with van der Waals surface area (Å²) in [4.78, 5) is 10.8. The van der Waals surface area contributed by atoms with Gasteiger partial charge >= 0.3 is 0 Å². The van der Waals surface area contributed by atoms with Crippen LogP contribution in [0.15, 0.2) is 84.7 Å². The number of hydrogen-bond donors (Lipinski definition) is 0. The number of benzene rings is 2. The Morgan fingerprint density at radius 1 is 0.762 bits per heavy atom. The molecule has 0 fully saturated rings. The van der Waals surface area contributed by atoms with E-state index in [2.05, 4.69) is 0 Å². The number of rotatable bonds is 3. The van der Waals surface area contributed by atoms with Crippen molar-refractivity contribution >= 4 is 17.6 Å². The average molecular weight is 274 g/mol. The maximum atomic E-state index is 10.8. The van der Waals surface area contributed by atoms with Crippen molar-refractivity contribution in [2.75, 3.05) is 0 Å². The number of hydrogen-bond acceptors (Lipinski definition) is 2. The van der Waals surface area contributed by atoms with E-state index in [0.29, 0.717) is 5.76 Å². The Bertz CT molecular complexity index is 723. The molecule has 2 aromatic rings. The minimum atomic E-state index is 0.546. The SMILES string of the molecule is O=C/C=C1/C=C(c2ccccc2)C=C(c2ccccc2)O1. The van der Waals surface area contributed by atoms with Gasteiger partial charge in [0.2, 0.25) is 0 Å². The van der Waals surface area contributed by atoms with Crippen LogP contribution in [0.3, 0.4) is 0 Å². The van der Waals surface area contributed by atoms with Crippen molar-refractivity contribution in [3.05, 3.63) is 95.8 Å². The van der Waals surface area contributed by atoms with E-state index in [4.69, 9.17) is 4.74 Å². The van der Waals surface area contributed by atoms with Crippen LogP contribution in [-0.2, 0) is 9.53 Å². The number of ether oxygens (including phenoxy) is 1. The molecule has 1 aliphatic rings. The van der Waals surface area contributed by atoms with Crippen molar-refractivity contribution in [3.63, 3.8) is 0 Å². The first-order valence-corrected chi connectivity index (χ1v) is 6.74. The lowest BCUT2D eigenvalue weighted by Crippen LogP contribution is -1.99. The summed E-state index contributed by atoms with van der Waals surface area (Å²) in [6.45, 7) is 0. The summed E-state index contributed by atoms with van der Waals surface area (Å²) in [5, 5.41) is 0. The summed E-state index contributed by atoms with van der Waals surface area (Å²) in [5.41, 5.74) is 3.09. The zero-order valence-electron chi connectivity index (χ0n) is 11.4. The van der Waals surface area contributed by atoms with Crippen LogP contribution in [0.1, 0.15) is 11.1 Å². The molecule has 0 unspecified atom stereocenters. The van der Waals surface area contributed by atoms with Crippen LogP contribution in [0.2, 0.25) is 0 Å². The highest BCUT2D eigenvalue weighted by Crippen LogP contribution is 2.31. The van der Waals surface area contributed by atoms with E-state index in [-0.39, 0.29) is 0 Å². The van der Waals surface area contributed by atoms with Gasteiger partial charge in [0.25, 0.3) is 0 Å². The van der Waals surface area contributed by atoms with Gasteiger partial charge in [0.1, 0.15) is 17.8 Å². The van der Waals surface area contributed by atoms with Crippen LogP contribution in [0.25, 0.3) is 11.3 Å². The summed E-state index contributed by atoms with van der Waals surface area (Å²) in [5.74, 6) is 1.29. The van der Waals surface area contributed by atoms with Gasteiger partial charge in [0, 0.05) is 11.6 Å². The van der Waals surface area contributed by atoms with Crippen LogP contribution in [0, 0.1) is 0 Å². The third-order valence-electron chi connectivity index (χ3n) is 3.21. The molecule has 0 saturated carbocycles. The minimum Gasteiger partial charge on any atom is -0.457 e. The molecule has 3 rings (SSSR count). The second kappa shape index (κ2) is 6.06. The van der Waals surface area contributed by atoms with Gasteiger partial charge in [-0.2, -0.15) is 0 Å². The smallest absolute Gasteiger partial charge is 0.146 e. The maximum Gasteiger partial charge on any atom is 0.146 e. The predicted molar refractivity (Wildman–Crippen MR) is 84.1 cm³/mol. The molecule has 0 saturated heterocycles. The first-order valence-electron chi connectivity index (χ1n) is 6.74. The van der Waals surface area contributed by atoms with Crippen LogP contribution in [0.5, 0.6) is 0 Å². The minimum absolute atomic E-state index is 0.546. The molecule has 0 aliphatic carbocycles. The topological polar surface area (TPSA) is 26.3 Å². The Hall–Kier alpha value is -2.87. The Morgan fingerprint density at radius 3 is 2.00 bits per heavy atom. The molecule has 0 atom stereocenters. The number of carbonyl (C=O) groups is 1. The molecule has 0 N–H and O–H groups in total. The zero-order chi connectivity index (χ0) is 14.5. The summed E-state index contributed by atoms with van der Waals surface area (Å²) in [7, 11) is 0. The summed E-state index contributed by atoms with van der Waals surface area (Å²) < 4.78 is 5.78. The van der Waals surface area contributed by atoms with Gasteiger partial charge < -0.3 is 4.74 Å². The summed E-state index contributed by atoms with van der Waals surface area (Å²) in [6.07, 6.45) is 6.03. The van der Waals surface area contributed by atoms with Crippen LogP contribution in [-0.4, -0.2) is 6.29 Å². The molecule has 0 amide bonds. The highest BCUT2D eigenvalue weighted by Gasteiger charge is 2.13. The van der Waals surface area contributed by atoms with Crippen LogP contribution < -0.4 is 0 Å². The third-order valence-corrected chi connectivity index (χ3v) is 3.21. The molecule has 102 valence electrons. The van der Waals surface area contributed by atoms with Gasteiger partial charge in [-0.05, 0) is 23.3 Å². The molecule has 21 heavy (non-hydrogen) atoms. The van der Waals surface area contributed by atoms with Crippen molar-refractivity contribution < 1.29 is 9.53 Å². The van der Waals surface area contributed by atoms with Gasteiger partial charge in [-0.25, -0.2) is 0 Å². The Balaban J connectivity index is 2.06.